The summed E-state index contributed by atoms with van der Waals surface area (Å²) in [7, 11) is 0. The first kappa shape index (κ1) is 13.6. The number of nitrogens with zero attached hydrogens (tertiary/aromatic N) is 1. The molecule has 0 unspecified atom stereocenters. The molecule has 0 saturated heterocycles. The second-order valence-corrected chi connectivity index (χ2v) is 8.02. The number of rotatable bonds is 4. The average molecular weight is 365 g/mol. The predicted molar refractivity (Wildman–Crippen MR) is 87.9 cm³/mol. The number of carbonyl (C=O) groups is 1. The number of aryl methyl sites for hydroxylation is 2. The Hall–Kier alpha value is -1.07. The van der Waals surface area contributed by atoms with Crippen LogP contribution in [0, 0.1) is 0 Å². The van der Waals surface area contributed by atoms with E-state index in [1.165, 1.54) is 47.4 Å². The lowest BCUT2D eigenvalue weighted by atomic mass is 10.2. The monoisotopic (exact) mass is 364 g/mol. The Bertz CT molecular complexity index is 678. The van der Waals surface area contributed by atoms with Gasteiger partial charge in [0, 0.05) is 26.5 Å². The summed E-state index contributed by atoms with van der Waals surface area (Å²) in [6.07, 6.45) is 8.09. The molecule has 1 saturated carbocycles. The smallest absolute Gasteiger partial charge is 0.268 e. The Morgan fingerprint density at radius 3 is 3.00 bits per heavy atom. The van der Waals surface area contributed by atoms with Crippen LogP contribution in [0.4, 0.5) is 0 Å². The maximum absolute atomic E-state index is 12.4. The lowest BCUT2D eigenvalue weighted by Gasteiger charge is -2.07. The third kappa shape index (κ3) is 2.69. The summed E-state index contributed by atoms with van der Waals surface area (Å²) in [5, 5.41) is 3.07. The van der Waals surface area contributed by atoms with E-state index < -0.39 is 0 Å². The van der Waals surface area contributed by atoms with Crippen LogP contribution in [0.3, 0.4) is 0 Å². The fourth-order valence-corrected chi connectivity index (χ4v) is 4.66. The van der Waals surface area contributed by atoms with Crippen LogP contribution in [0.15, 0.2) is 22.8 Å². The Kier molecular flexibility index (Phi) is 3.42. The van der Waals surface area contributed by atoms with Gasteiger partial charge < -0.3 is 9.88 Å². The Morgan fingerprint density at radius 1 is 1.38 bits per heavy atom. The number of nitrogens with one attached hydrogen (secondary N) is 1. The minimum absolute atomic E-state index is 0.0289. The minimum atomic E-state index is 0.0289. The van der Waals surface area contributed by atoms with Crippen molar-refractivity contribution in [3.63, 3.8) is 0 Å². The molecule has 1 amide bonds. The molecule has 0 radical (unpaired) electrons. The molecule has 2 aliphatic rings. The third-order valence-electron chi connectivity index (χ3n) is 4.21. The van der Waals surface area contributed by atoms with Crippen LogP contribution in [0.2, 0.25) is 0 Å². The number of halogens is 1. The zero-order valence-electron chi connectivity index (χ0n) is 11.7. The van der Waals surface area contributed by atoms with Crippen molar-refractivity contribution < 1.29 is 4.79 Å². The topological polar surface area (TPSA) is 34.0 Å². The maximum atomic E-state index is 12.4. The molecule has 1 fully saturated rings. The number of carbonyl (C=O) groups excluding carboxylic acids is 1. The molecular weight excluding hydrogens is 348 g/mol. The zero-order chi connectivity index (χ0) is 14.4. The van der Waals surface area contributed by atoms with Gasteiger partial charge in [-0.15, -0.1) is 11.3 Å². The molecule has 5 heteroatoms. The van der Waals surface area contributed by atoms with E-state index in [1.54, 1.807) is 0 Å². The molecule has 2 aromatic rings. The van der Waals surface area contributed by atoms with Crippen molar-refractivity contribution in [1.29, 1.82) is 0 Å². The quantitative estimate of drug-likeness (QED) is 0.871. The maximum Gasteiger partial charge on any atom is 0.268 e. The summed E-state index contributed by atoms with van der Waals surface area (Å²) in [5.41, 5.74) is 2.27. The van der Waals surface area contributed by atoms with Crippen molar-refractivity contribution in [2.45, 2.75) is 44.7 Å². The molecule has 0 aromatic carbocycles. The fraction of sp³-hybridized carbons (Fsp3) is 0.438. The van der Waals surface area contributed by atoms with Crippen molar-refractivity contribution in [3.05, 3.63) is 43.8 Å². The normalized spacial score (nSPS) is 17.0. The average Bonchev–Trinajstić information content (AvgIpc) is 2.90. The predicted octanol–water partition coefficient (Wildman–Crippen LogP) is 4.07. The summed E-state index contributed by atoms with van der Waals surface area (Å²) < 4.78 is 3.09. The van der Waals surface area contributed by atoms with Crippen molar-refractivity contribution in [1.82, 2.24) is 9.88 Å². The summed E-state index contributed by atoms with van der Waals surface area (Å²) in [5.74, 6) is 0.0289. The molecule has 2 aliphatic carbocycles. The lowest BCUT2D eigenvalue weighted by molar-refractivity contribution is 0.0942. The highest BCUT2D eigenvalue weighted by Gasteiger charge is 2.27. The molecule has 110 valence electrons. The Balaban J connectivity index is 1.45. The van der Waals surface area contributed by atoms with Crippen LogP contribution >= 0.6 is 27.3 Å². The highest BCUT2D eigenvalue weighted by molar-refractivity contribution is 9.10. The molecule has 21 heavy (non-hydrogen) atoms. The molecule has 0 atom stereocenters. The van der Waals surface area contributed by atoms with Crippen LogP contribution < -0.4 is 5.32 Å². The SMILES string of the molecule is O=C(NCc1cc2c(s1)CCC2)c1cc(Br)cn1C1CC1. The van der Waals surface area contributed by atoms with Crippen LogP contribution in [-0.2, 0) is 19.4 Å². The number of aromatic nitrogens is 1. The third-order valence-corrected chi connectivity index (χ3v) is 5.88. The highest BCUT2D eigenvalue weighted by atomic mass is 79.9. The first-order chi connectivity index (χ1) is 10.2. The van der Waals surface area contributed by atoms with E-state index in [9.17, 15) is 4.79 Å². The second-order valence-electron chi connectivity index (χ2n) is 5.88. The summed E-state index contributed by atoms with van der Waals surface area (Å²) in [4.78, 5) is 15.2. The van der Waals surface area contributed by atoms with Gasteiger partial charge in [-0.2, -0.15) is 0 Å². The fourth-order valence-electron chi connectivity index (χ4n) is 3.02. The first-order valence-corrected chi connectivity index (χ1v) is 9.07. The number of hydrogen-bond acceptors (Lipinski definition) is 2. The molecule has 2 heterocycles. The van der Waals surface area contributed by atoms with E-state index >= 15 is 0 Å². The first-order valence-electron chi connectivity index (χ1n) is 7.47. The Labute approximate surface area is 136 Å². The van der Waals surface area contributed by atoms with Gasteiger partial charge in [-0.25, -0.2) is 0 Å². The number of fused-ring (bicyclic) bond motifs is 1. The lowest BCUT2D eigenvalue weighted by Crippen LogP contribution is -2.24. The summed E-state index contributed by atoms with van der Waals surface area (Å²) in [6, 6.07) is 4.70. The van der Waals surface area contributed by atoms with Crippen molar-refractivity contribution in [3.8, 4) is 0 Å². The van der Waals surface area contributed by atoms with E-state index in [0.717, 1.165) is 10.2 Å². The van der Waals surface area contributed by atoms with Gasteiger partial charge >= 0.3 is 0 Å². The number of amides is 1. The zero-order valence-corrected chi connectivity index (χ0v) is 14.1. The second kappa shape index (κ2) is 5.29. The van der Waals surface area contributed by atoms with Gasteiger partial charge in [0.2, 0.25) is 0 Å². The van der Waals surface area contributed by atoms with Gasteiger partial charge in [0.1, 0.15) is 5.69 Å². The van der Waals surface area contributed by atoms with Gasteiger partial charge in [-0.05, 0) is 65.7 Å². The molecule has 0 spiro atoms. The van der Waals surface area contributed by atoms with Crippen LogP contribution in [0.5, 0.6) is 0 Å². The largest absolute Gasteiger partial charge is 0.346 e. The molecule has 0 bridgehead atoms. The van der Waals surface area contributed by atoms with Gasteiger partial charge in [-0.3, -0.25) is 4.79 Å². The molecule has 1 N–H and O–H groups in total. The van der Waals surface area contributed by atoms with E-state index in [2.05, 4.69) is 31.9 Å². The number of hydrogen-bond donors (Lipinski definition) is 1. The van der Waals surface area contributed by atoms with Crippen molar-refractivity contribution in [2.24, 2.45) is 0 Å². The van der Waals surface area contributed by atoms with Crippen molar-refractivity contribution in [2.75, 3.05) is 0 Å². The van der Waals surface area contributed by atoms with Crippen molar-refractivity contribution >= 4 is 33.2 Å². The van der Waals surface area contributed by atoms with Gasteiger partial charge in [0.15, 0.2) is 0 Å². The molecule has 0 aliphatic heterocycles. The van der Waals surface area contributed by atoms with Crippen LogP contribution in [-0.4, -0.2) is 10.5 Å². The standard InChI is InChI=1S/C16H17BrN2OS/c17-11-7-14(19(9-11)12-4-5-12)16(20)18-8-13-6-10-2-1-3-15(10)21-13/h6-7,9,12H,1-5,8H2,(H,18,20). The molecule has 4 rings (SSSR count). The van der Waals surface area contributed by atoms with E-state index in [0.29, 0.717) is 12.6 Å². The van der Waals surface area contributed by atoms with E-state index in [-0.39, 0.29) is 5.91 Å². The van der Waals surface area contributed by atoms with Crippen LogP contribution in [0.1, 0.15) is 51.1 Å². The van der Waals surface area contributed by atoms with Gasteiger partial charge in [-0.1, -0.05) is 0 Å². The number of thiophene rings is 1. The van der Waals surface area contributed by atoms with E-state index in [1.807, 2.05) is 23.6 Å². The summed E-state index contributed by atoms with van der Waals surface area (Å²) in [6.45, 7) is 0.643. The van der Waals surface area contributed by atoms with Gasteiger partial charge in [0.25, 0.3) is 5.91 Å². The molecule has 3 nitrogen and oxygen atoms in total. The highest BCUT2D eigenvalue weighted by Crippen LogP contribution is 2.37. The summed E-state index contributed by atoms with van der Waals surface area (Å²) >= 11 is 5.33. The minimum Gasteiger partial charge on any atom is -0.346 e. The molecular formula is C16H17BrN2OS. The van der Waals surface area contributed by atoms with Gasteiger partial charge in [0.05, 0.1) is 6.54 Å². The van der Waals surface area contributed by atoms with Crippen LogP contribution in [0.25, 0.3) is 0 Å². The van der Waals surface area contributed by atoms with E-state index in [4.69, 9.17) is 0 Å². The molecule has 2 aromatic heterocycles. The Morgan fingerprint density at radius 2 is 2.24 bits per heavy atom.